The van der Waals surface area contributed by atoms with E-state index in [0.717, 1.165) is 0 Å². The van der Waals surface area contributed by atoms with Gasteiger partial charge in [-0.1, -0.05) is 12.1 Å². The normalized spacial score (nSPS) is 12.3. The van der Waals surface area contributed by atoms with Crippen LogP contribution in [0.4, 0.5) is 4.39 Å². The van der Waals surface area contributed by atoms with Gasteiger partial charge < -0.3 is 10.8 Å². The molecule has 2 aromatic heterocycles. The quantitative estimate of drug-likeness (QED) is 0.613. The van der Waals surface area contributed by atoms with E-state index >= 15 is 0 Å². The first kappa shape index (κ1) is 16.8. The van der Waals surface area contributed by atoms with Gasteiger partial charge in [0.1, 0.15) is 11.5 Å². The van der Waals surface area contributed by atoms with Crippen molar-refractivity contribution < 1.29 is 14.3 Å². The maximum Gasteiger partial charge on any atom is 0.225 e. The third-order valence-electron chi connectivity index (χ3n) is 3.45. The van der Waals surface area contributed by atoms with Crippen molar-refractivity contribution in [2.75, 3.05) is 0 Å². The van der Waals surface area contributed by atoms with Crippen molar-refractivity contribution in [3.8, 4) is 22.8 Å². The van der Waals surface area contributed by atoms with Crippen LogP contribution in [0.2, 0.25) is 0 Å². The number of nitrogens with zero attached hydrogens (tertiary/aromatic N) is 4. The second kappa shape index (κ2) is 6.81. The van der Waals surface area contributed by atoms with Crippen LogP contribution in [0.25, 0.3) is 22.8 Å². The van der Waals surface area contributed by atoms with Gasteiger partial charge in [-0.05, 0) is 25.1 Å². The maximum atomic E-state index is 13.9. The van der Waals surface area contributed by atoms with Crippen molar-refractivity contribution in [2.24, 2.45) is 5.73 Å². The molecule has 0 bridgehead atoms. The minimum absolute atomic E-state index is 0.117. The van der Waals surface area contributed by atoms with Gasteiger partial charge in [-0.25, -0.2) is 14.1 Å². The number of carbonyl (C=O) groups is 1. The lowest BCUT2D eigenvalue weighted by atomic mass is 10.1. The molecule has 0 spiro atoms. The smallest absolute Gasteiger partial charge is 0.225 e. The topological polar surface area (TPSA) is 123 Å². The first-order valence-corrected chi connectivity index (χ1v) is 7.65. The second-order valence-electron chi connectivity index (χ2n) is 5.67. The lowest BCUT2D eigenvalue weighted by Gasteiger charge is -2.06. The Labute approximate surface area is 142 Å². The van der Waals surface area contributed by atoms with Crippen molar-refractivity contribution in [3.63, 3.8) is 0 Å². The minimum atomic E-state index is -0.671. The Hall–Kier alpha value is -3.07. The average Bonchev–Trinajstić information content (AvgIpc) is 3.13. The molecule has 1 aromatic carbocycles. The van der Waals surface area contributed by atoms with Gasteiger partial charge in [-0.15, -0.1) is 0 Å². The molecular weight excluding hydrogens is 327 g/mol. The number of rotatable bonds is 6. The Balaban J connectivity index is 1.99. The number of halogens is 1. The molecule has 4 N–H and O–H groups in total. The largest absolute Gasteiger partial charge is 0.391 e. The number of nitrogens with two attached hydrogens (primary N) is 1. The summed E-state index contributed by atoms with van der Waals surface area (Å²) in [6, 6.07) is 7.92. The molecule has 1 unspecified atom stereocenters. The van der Waals surface area contributed by atoms with Crippen LogP contribution in [-0.4, -0.2) is 42.1 Å². The molecule has 130 valence electrons. The molecule has 0 radical (unpaired) electrons. The summed E-state index contributed by atoms with van der Waals surface area (Å²) in [5.41, 5.74) is 6.43. The second-order valence-corrected chi connectivity index (χ2v) is 5.67. The van der Waals surface area contributed by atoms with Crippen molar-refractivity contribution >= 4 is 5.91 Å². The van der Waals surface area contributed by atoms with Crippen molar-refractivity contribution in [3.05, 3.63) is 42.0 Å². The number of aromatic nitrogens is 5. The Morgan fingerprint density at radius 1 is 1.44 bits per heavy atom. The summed E-state index contributed by atoms with van der Waals surface area (Å²) >= 11 is 0. The van der Waals surface area contributed by atoms with Crippen molar-refractivity contribution in [1.82, 2.24) is 25.0 Å². The summed E-state index contributed by atoms with van der Waals surface area (Å²) in [6.45, 7) is 1.78. The molecule has 1 atom stereocenters. The van der Waals surface area contributed by atoms with E-state index in [9.17, 15) is 14.3 Å². The van der Waals surface area contributed by atoms with Crippen molar-refractivity contribution in [1.29, 1.82) is 0 Å². The number of aliphatic hydroxyl groups excluding tert-OH is 1. The molecule has 9 heteroatoms. The van der Waals surface area contributed by atoms with Gasteiger partial charge in [-0.2, -0.15) is 10.2 Å². The lowest BCUT2D eigenvalue weighted by Crippen LogP contribution is -2.16. The van der Waals surface area contributed by atoms with E-state index in [1.165, 1.54) is 10.7 Å². The highest BCUT2D eigenvalue weighted by Gasteiger charge is 2.18. The molecule has 1 amide bonds. The zero-order valence-electron chi connectivity index (χ0n) is 13.5. The van der Waals surface area contributed by atoms with E-state index in [1.54, 1.807) is 31.2 Å². The molecular formula is C16H17FN6O2. The molecule has 0 aliphatic rings. The molecule has 3 aromatic rings. The number of aromatic amines is 1. The Bertz CT molecular complexity index is 902. The first-order valence-electron chi connectivity index (χ1n) is 7.65. The Morgan fingerprint density at radius 3 is 2.88 bits per heavy atom. The fourth-order valence-corrected chi connectivity index (χ4v) is 2.44. The summed E-state index contributed by atoms with van der Waals surface area (Å²) in [4.78, 5) is 15.4. The zero-order valence-corrected chi connectivity index (χ0v) is 13.5. The van der Waals surface area contributed by atoms with Gasteiger partial charge in [0.05, 0.1) is 24.8 Å². The van der Waals surface area contributed by atoms with E-state index in [-0.39, 0.29) is 24.6 Å². The molecule has 8 nitrogen and oxygen atoms in total. The fraction of sp³-hybridized carbons (Fsp3) is 0.250. The fourth-order valence-electron chi connectivity index (χ4n) is 2.44. The molecule has 25 heavy (non-hydrogen) atoms. The number of nitrogens with one attached hydrogen (secondary N) is 1. The number of amides is 1. The number of H-pyrrole nitrogens is 1. The molecule has 2 heterocycles. The molecule has 3 rings (SSSR count). The number of aliphatic hydroxyl groups is 1. The summed E-state index contributed by atoms with van der Waals surface area (Å²) in [6.07, 6.45) is -0.787. The third kappa shape index (κ3) is 3.72. The Morgan fingerprint density at radius 2 is 2.20 bits per heavy atom. The van der Waals surface area contributed by atoms with E-state index in [2.05, 4.69) is 20.3 Å². The minimum Gasteiger partial charge on any atom is -0.391 e. The first-order chi connectivity index (χ1) is 11.9. The highest BCUT2D eigenvalue weighted by molar-refractivity contribution is 5.75. The predicted molar refractivity (Wildman–Crippen MR) is 87.6 cm³/mol. The molecule has 0 saturated carbocycles. The number of carbonyl (C=O) groups excluding carboxylic acids is 1. The van der Waals surface area contributed by atoms with E-state index in [1.807, 2.05) is 0 Å². The standard InChI is InChI=1S/C16H17FN6O2/c1-9(24)8-23-16(19-15(22-23)7-14(18)25)13-6-12(20-21-13)10-4-2-3-5-11(10)17/h2-6,9,24H,7-8H2,1H3,(H2,18,25)(H,20,21). The van der Waals surface area contributed by atoms with Crippen molar-refractivity contribution in [2.45, 2.75) is 26.0 Å². The van der Waals surface area contributed by atoms with Crippen LogP contribution < -0.4 is 5.73 Å². The number of benzene rings is 1. The average molecular weight is 344 g/mol. The maximum absolute atomic E-state index is 13.9. The lowest BCUT2D eigenvalue weighted by molar-refractivity contribution is -0.117. The van der Waals surface area contributed by atoms with Crippen LogP contribution in [0, 0.1) is 5.82 Å². The Kier molecular flexibility index (Phi) is 4.57. The van der Waals surface area contributed by atoms with E-state index in [0.29, 0.717) is 22.8 Å². The third-order valence-corrected chi connectivity index (χ3v) is 3.45. The zero-order chi connectivity index (χ0) is 18.0. The van der Waals surface area contributed by atoms with Gasteiger partial charge in [0.15, 0.2) is 11.6 Å². The monoisotopic (exact) mass is 344 g/mol. The van der Waals surface area contributed by atoms with Crippen LogP contribution in [0.5, 0.6) is 0 Å². The summed E-state index contributed by atoms with van der Waals surface area (Å²) < 4.78 is 15.4. The van der Waals surface area contributed by atoms with E-state index < -0.39 is 12.0 Å². The van der Waals surface area contributed by atoms with Crippen LogP contribution in [0.15, 0.2) is 30.3 Å². The summed E-state index contributed by atoms with van der Waals surface area (Å²) in [5, 5.41) is 20.7. The van der Waals surface area contributed by atoms with Gasteiger partial charge in [0.25, 0.3) is 0 Å². The molecule has 0 aliphatic heterocycles. The van der Waals surface area contributed by atoms with Crippen LogP contribution in [0.3, 0.4) is 0 Å². The summed E-state index contributed by atoms with van der Waals surface area (Å²) in [5.74, 6) is -0.324. The summed E-state index contributed by atoms with van der Waals surface area (Å²) in [7, 11) is 0. The van der Waals surface area contributed by atoms with E-state index in [4.69, 9.17) is 5.73 Å². The number of hydrogen-bond donors (Lipinski definition) is 3. The van der Waals surface area contributed by atoms with Gasteiger partial charge in [0, 0.05) is 5.56 Å². The highest BCUT2D eigenvalue weighted by atomic mass is 19.1. The van der Waals surface area contributed by atoms with Gasteiger partial charge >= 0.3 is 0 Å². The van der Waals surface area contributed by atoms with Crippen LogP contribution in [-0.2, 0) is 17.8 Å². The SMILES string of the molecule is CC(O)Cn1nc(CC(N)=O)nc1-c1cc(-c2ccccc2F)n[nH]1. The van der Waals surface area contributed by atoms with Crippen LogP contribution >= 0.6 is 0 Å². The molecule has 0 saturated heterocycles. The van der Waals surface area contributed by atoms with Gasteiger partial charge in [-0.3, -0.25) is 9.89 Å². The predicted octanol–water partition coefficient (Wildman–Crippen LogP) is 0.883. The number of hydrogen-bond acceptors (Lipinski definition) is 5. The highest BCUT2D eigenvalue weighted by Crippen LogP contribution is 2.25. The molecule has 0 aliphatic carbocycles. The van der Waals surface area contributed by atoms with Gasteiger partial charge in [0.2, 0.25) is 5.91 Å². The number of primary amides is 1. The van der Waals surface area contributed by atoms with Crippen LogP contribution in [0.1, 0.15) is 12.7 Å². The molecule has 0 fully saturated rings.